The smallest absolute Gasteiger partial charge is 0.00719 e. The van der Waals surface area contributed by atoms with E-state index in [1.165, 1.54) is 23.5 Å². The Labute approximate surface area is 104 Å². The highest BCUT2D eigenvalue weighted by Crippen LogP contribution is 2.20. The molecule has 1 N–H and O–H groups in total. The second kappa shape index (κ2) is 8.66. The summed E-state index contributed by atoms with van der Waals surface area (Å²) < 4.78 is 0. The molecule has 0 saturated carbocycles. The third-order valence-corrected chi connectivity index (χ3v) is 3.73. The van der Waals surface area contributed by atoms with Crippen LogP contribution in [0.2, 0.25) is 0 Å². The Balaban J connectivity index is 2.06. The monoisotopic (exact) mass is 237 g/mol. The molecule has 1 atom stereocenters. The summed E-state index contributed by atoms with van der Waals surface area (Å²) >= 11 is 1.97. The predicted molar refractivity (Wildman–Crippen MR) is 74.1 cm³/mol. The van der Waals surface area contributed by atoms with E-state index >= 15 is 0 Å². The summed E-state index contributed by atoms with van der Waals surface area (Å²) in [5.41, 5.74) is 0. The van der Waals surface area contributed by atoms with E-state index in [9.17, 15) is 0 Å². The fourth-order valence-electron chi connectivity index (χ4n) is 1.56. The molecule has 0 aromatic heterocycles. The van der Waals surface area contributed by atoms with Gasteiger partial charge in [-0.25, -0.2) is 0 Å². The molecule has 1 rings (SSSR count). The second-order valence-electron chi connectivity index (χ2n) is 4.20. The fourth-order valence-corrected chi connectivity index (χ4v) is 2.67. The standard InChI is InChI=1S/C14H23NS/c1-3-15-11-9-13(2)10-12-16-14-7-5-4-6-8-14/h4-8,13,15H,3,9-12H2,1-2H3. The molecule has 16 heavy (non-hydrogen) atoms. The van der Waals surface area contributed by atoms with E-state index in [0.29, 0.717) is 0 Å². The van der Waals surface area contributed by atoms with Crippen molar-refractivity contribution < 1.29 is 0 Å². The lowest BCUT2D eigenvalue weighted by Crippen LogP contribution is -2.16. The Morgan fingerprint density at radius 2 is 1.94 bits per heavy atom. The summed E-state index contributed by atoms with van der Waals surface area (Å²) in [6.45, 7) is 6.76. The highest BCUT2D eigenvalue weighted by Gasteiger charge is 2.01. The number of nitrogens with one attached hydrogen (secondary N) is 1. The van der Waals surface area contributed by atoms with E-state index in [4.69, 9.17) is 0 Å². The molecule has 0 bridgehead atoms. The zero-order valence-electron chi connectivity index (χ0n) is 10.4. The average Bonchev–Trinajstić information content (AvgIpc) is 2.31. The van der Waals surface area contributed by atoms with Gasteiger partial charge in [-0.05, 0) is 49.7 Å². The van der Waals surface area contributed by atoms with E-state index in [1.807, 2.05) is 11.8 Å². The summed E-state index contributed by atoms with van der Waals surface area (Å²) in [5, 5.41) is 3.38. The van der Waals surface area contributed by atoms with Crippen molar-refractivity contribution in [3.63, 3.8) is 0 Å². The molecule has 0 aliphatic heterocycles. The third-order valence-electron chi connectivity index (χ3n) is 2.69. The number of benzene rings is 1. The van der Waals surface area contributed by atoms with Crippen LogP contribution in [0.15, 0.2) is 35.2 Å². The lowest BCUT2D eigenvalue weighted by atomic mass is 10.1. The molecule has 0 aliphatic carbocycles. The molecule has 90 valence electrons. The molecular weight excluding hydrogens is 214 g/mol. The maximum Gasteiger partial charge on any atom is 0.00719 e. The van der Waals surface area contributed by atoms with Gasteiger partial charge in [0.1, 0.15) is 0 Å². The normalized spacial score (nSPS) is 12.6. The number of hydrogen-bond acceptors (Lipinski definition) is 2. The maximum absolute atomic E-state index is 3.38. The van der Waals surface area contributed by atoms with E-state index < -0.39 is 0 Å². The van der Waals surface area contributed by atoms with Crippen LogP contribution < -0.4 is 5.32 Å². The van der Waals surface area contributed by atoms with Crippen LogP contribution in [-0.4, -0.2) is 18.8 Å². The summed E-state index contributed by atoms with van der Waals surface area (Å²) in [4.78, 5) is 1.39. The first kappa shape index (κ1) is 13.6. The van der Waals surface area contributed by atoms with Crippen LogP contribution in [0.4, 0.5) is 0 Å². The van der Waals surface area contributed by atoms with Crippen LogP contribution in [0.5, 0.6) is 0 Å². The first-order valence-electron chi connectivity index (χ1n) is 6.21. The van der Waals surface area contributed by atoms with Crippen LogP contribution in [0.25, 0.3) is 0 Å². The highest BCUT2D eigenvalue weighted by atomic mass is 32.2. The van der Waals surface area contributed by atoms with Gasteiger partial charge in [-0.2, -0.15) is 0 Å². The summed E-state index contributed by atoms with van der Waals surface area (Å²) in [6.07, 6.45) is 2.61. The molecule has 0 heterocycles. The van der Waals surface area contributed by atoms with Crippen molar-refractivity contribution >= 4 is 11.8 Å². The van der Waals surface area contributed by atoms with Crippen molar-refractivity contribution in [3.8, 4) is 0 Å². The summed E-state index contributed by atoms with van der Waals surface area (Å²) in [5.74, 6) is 2.06. The first-order chi connectivity index (χ1) is 7.83. The maximum atomic E-state index is 3.38. The Bertz CT molecular complexity index is 261. The third kappa shape index (κ3) is 6.19. The molecule has 1 nitrogen and oxygen atoms in total. The fraction of sp³-hybridized carbons (Fsp3) is 0.571. The quantitative estimate of drug-likeness (QED) is 0.545. The van der Waals surface area contributed by atoms with Crippen molar-refractivity contribution in [3.05, 3.63) is 30.3 Å². The van der Waals surface area contributed by atoms with Gasteiger partial charge in [-0.1, -0.05) is 32.0 Å². The number of rotatable bonds is 8. The molecule has 1 aromatic rings. The lowest BCUT2D eigenvalue weighted by Gasteiger charge is -2.11. The van der Waals surface area contributed by atoms with Gasteiger partial charge in [-0.3, -0.25) is 0 Å². The minimum Gasteiger partial charge on any atom is -0.317 e. The SMILES string of the molecule is CCNCCC(C)CCSc1ccccc1. The molecule has 0 spiro atoms. The first-order valence-corrected chi connectivity index (χ1v) is 7.20. The molecular formula is C14H23NS. The second-order valence-corrected chi connectivity index (χ2v) is 5.37. The molecule has 1 unspecified atom stereocenters. The molecule has 0 aliphatic rings. The van der Waals surface area contributed by atoms with Crippen LogP contribution in [0.1, 0.15) is 26.7 Å². The van der Waals surface area contributed by atoms with Gasteiger partial charge >= 0.3 is 0 Å². The summed E-state index contributed by atoms with van der Waals surface area (Å²) in [6, 6.07) is 10.7. The van der Waals surface area contributed by atoms with E-state index in [-0.39, 0.29) is 0 Å². The zero-order valence-corrected chi connectivity index (χ0v) is 11.2. The average molecular weight is 237 g/mol. The minimum absolute atomic E-state index is 0.829. The van der Waals surface area contributed by atoms with Gasteiger partial charge in [0.05, 0.1) is 0 Å². The van der Waals surface area contributed by atoms with Crippen LogP contribution in [-0.2, 0) is 0 Å². The topological polar surface area (TPSA) is 12.0 Å². The minimum atomic E-state index is 0.829. The zero-order chi connectivity index (χ0) is 11.6. The van der Waals surface area contributed by atoms with Gasteiger partial charge in [0.2, 0.25) is 0 Å². The molecule has 0 fully saturated rings. The van der Waals surface area contributed by atoms with Crippen LogP contribution >= 0.6 is 11.8 Å². The molecule has 1 aromatic carbocycles. The molecule has 0 radical (unpaired) electrons. The Morgan fingerprint density at radius 3 is 2.62 bits per heavy atom. The Hall–Kier alpha value is -0.470. The van der Waals surface area contributed by atoms with E-state index in [2.05, 4.69) is 49.5 Å². The van der Waals surface area contributed by atoms with Gasteiger partial charge in [0, 0.05) is 4.90 Å². The van der Waals surface area contributed by atoms with E-state index in [1.54, 1.807) is 0 Å². The van der Waals surface area contributed by atoms with Crippen molar-refractivity contribution in [2.75, 3.05) is 18.8 Å². The molecule has 0 amide bonds. The van der Waals surface area contributed by atoms with Crippen LogP contribution in [0.3, 0.4) is 0 Å². The van der Waals surface area contributed by atoms with Gasteiger partial charge < -0.3 is 5.32 Å². The lowest BCUT2D eigenvalue weighted by molar-refractivity contribution is 0.496. The van der Waals surface area contributed by atoms with Gasteiger partial charge in [-0.15, -0.1) is 11.8 Å². The molecule has 2 heteroatoms. The van der Waals surface area contributed by atoms with Gasteiger partial charge in [0.25, 0.3) is 0 Å². The van der Waals surface area contributed by atoms with Crippen molar-refractivity contribution in [1.29, 1.82) is 0 Å². The van der Waals surface area contributed by atoms with Crippen molar-refractivity contribution in [2.45, 2.75) is 31.6 Å². The number of hydrogen-bond donors (Lipinski definition) is 1. The highest BCUT2D eigenvalue weighted by molar-refractivity contribution is 7.99. The van der Waals surface area contributed by atoms with Gasteiger partial charge in [0.15, 0.2) is 0 Å². The van der Waals surface area contributed by atoms with E-state index in [0.717, 1.165) is 19.0 Å². The van der Waals surface area contributed by atoms with Crippen molar-refractivity contribution in [1.82, 2.24) is 5.32 Å². The number of thioether (sulfide) groups is 1. The van der Waals surface area contributed by atoms with Crippen LogP contribution in [0, 0.1) is 5.92 Å². The summed E-state index contributed by atoms with van der Waals surface area (Å²) in [7, 11) is 0. The Morgan fingerprint density at radius 1 is 1.19 bits per heavy atom. The van der Waals surface area contributed by atoms with Crippen molar-refractivity contribution in [2.24, 2.45) is 5.92 Å². The largest absolute Gasteiger partial charge is 0.317 e. The Kier molecular flexibility index (Phi) is 7.35. The molecule has 0 saturated heterocycles. The predicted octanol–water partition coefficient (Wildman–Crippen LogP) is 3.80.